The third-order valence-corrected chi connectivity index (χ3v) is 4.08. The Bertz CT molecular complexity index is 537. The molecule has 4 heteroatoms. The molecule has 1 N–H and O–H groups in total. The van der Waals surface area contributed by atoms with Gasteiger partial charge in [0.1, 0.15) is 0 Å². The zero-order valence-electron chi connectivity index (χ0n) is 9.51. The minimum atomic E-state index is -0.236. The van der Waals surface area contributed by atoms with Crippen molar-refractivity contribution < 1.29 is 5.11 Å². The zero-order valence-corrected chi connectivity index (χ0v) is 11.1. The van der Waals surface area contributed by atoms with Gasteiger partial charge in [0.25, 0.3) is 0 Å². The van der Waals surface area contributed by atoms with Crippen LogP contribution in [0.15, 0.2) is 29.0 Å². The molecule has 90 valence electrons. The number of nitrogens with zero attached hydrogens (tertiary/aromatic N) is 2. The SMILES string of the molecule is OC1CCCCC1n1cnc2ccc(Br)cc21. The predicted molar refractivity (Wildman–Crippen MR) is 70.9 cm³/mol. The van der Waals surface area contributed by atoms with Crippen molar-refractivity contribution in [3.63, 3.8) is 0 Å². The average molecular weight is 295 g/mol. The van der Waals surface area contributed by atoms with E-state index < -0.39 is 0 Å². The van der Waals surface area contributed by atoms with Crippen molar-refractivity contribution in [1.29, 1.82) is 0 Å². The lowest BCUT2D eigenvalue weighted by Crippen LogP contribution is -2.27. The zero-order chi connectivity index (χ0) is 11.8. The summed E-state index contributed by atoms with van der Waals surface area (Å²) in [5.74, 6) is 0. The molecule has 3 rings (SSSR count). The lowest BCUT2D eigenvalue weighted by Gasteiger charge is -2.29. The third kappa shape index (κ3) is 2.00. The predicted octanol–water partition coefficient (Wildman–Crippen LogP) is 3.27. The molecule has 0 amide bonds. The number of rotatable bonds is 1. The van der Waals surface area contributed by atoms with Crippen LogP contribution >= 0.6 is 15.9 Å². The lowest BCUT2D eigenvalue weighted by atomic mass is 9.92. The number of aliphatic hydroxyl groups is 1. The number of aliphatic hydroxyl groups excluding tert-OH is 1. The van der Waals surface area contributed by atoms with E-state index in [0.29, 0.717) is 0 Å². The number of benzene rings is 1. The van der Waals surface area contributed by atoms with Crippen LogP contribution in [0, 0.1) is 0 Å². The molecule has 1 aromatic heterocycles. The van der Waals surface area contributed by atoms with Crippen LogP contribution in [0.1, 0.15) is 31.7 Å². The minimum absolute atomic E-state index is 0.183. The molecule has 0 aliphatic heterocycles. The number of hydrogen-bond donors (Lipinski definition) is 1. The number of imidazole rings is 1. The largest absolute Gasteiger partial charge is 0.391 e. The van der Waals surface area contributed by atoms with Gasteiger partial charge < -0.3 is 9.67 Å². The van der Waals surface area contributed by atoms with Crippen LogP contribution in [0.4, 0.5) is 0 Å². The summed E-state index contributed by atoms with van der Waals surface area (Å²) in [4.78, 5) is 4.40. The van der Waals surface area contributed by atoms with E-state index in [4.69, 9.17) is 0 Å². The Morgan fingerprint density at radius 1 is 1.29 bits per heavy atom. The van der Waals surface area contributed by atoms with Crippen molar-refractivity contribution in [2.75, 3.05) is 0 Å². The van der Waals surface area contributed by atoms with Gasteiger partial charge in [-0.2, -0.15) is 0 Å². The first-order valence-corrected chi connectivity index (χ1v) is 6.85. The molecular formula is C13H15BrN2O. The second-order valence-corrected chi connectivity index (χ2v) is 5.62. The van der Waals surface area contributed by atoms with Crippen molar-refractivity contribution in [3.05, 3.63) is 29.0 Å². The Morgan fingerprint density at radius 3 is 2.94 bits per heavy atom. The smallest absolute Gasteiger partial charge is 0.0961 e. The van der Waals surface area contributed by atoms with E-state index in [9.17, 15) is 5.11 Å². The maximum Gasteiger partial charge on any atom is 0.0961 e. The summed E-state index contributed by atoms with van der Waals surface area (Å²) in [6.45, 7) is 0. The van der Waals surface area contributed by atoms with E-state index in [2.05, 4.69) is 31.5 Å². The van der Waals surface area contributed by atoms with E-state index in [1.807, 2.05) is 18.5 Å². The van der Waals surface area contributed by atoms with Gasteiger partial charge in [-0.1, -0.05) is 28.8 Å². The molecule has 1 saturated carbocycles. The number of aromatic nitrogens is 2. The molecular weight excluding hydrogens is 280 g/mol. The van der Waals surface area contributed by atoms with Gasteiger partial charge in [0.05, 0.1) is 29.5 Å². The molecule has 2 aromatic rings. The second-order valence-electron chi connectivity index (χ2n) is 4.70. The summed E-state index contributed by atoms with van der Waals surface area (Å²) < 4.78 is 3.18. The van der Waals surface area contributed by atoms with Gasteiger partial charge in [-0.3, -0.25) is 0 Å². The van der Waals surface area contributed by atoms with Gasteiger partial charge in [-0.05, 0) is 31.0 Å². The molecule has 1 heterocycles. The van der Waals surface area contributed by atoms with Gasteiger partial charge in [0, 0.05) is 4.47 Å². The first-order valence-electron chi connectivity index (χ1n) is 6.06. The first kappa shape index (κ1) is 11.2. The normalized spacial score (nSPS) is 25.3. The van der Waals surface area contributed by atoms with E-state index >= 15 is 0 Å². The van der Waals surface area contributed by atoms with Gasteiger partial charge in [0.15, 0.2) is 0 Å². The quantitative estimate of drug-likeness (QED) is 0.876. The highest BCUT2D eigenvalue weighted by Crippen LogP contribution is 2.31. The molecule has 1 aliphatic rings. The number of halogens is 1. The molecule has 0 bridgehead atoms. The van der Waals surface area contributed by atoms with Crippen molar-refractivity contribution in [2.45, 2.75) is 37.8 Å². The highest BCUT2D eigenvalue weighted by atomic mass is 79.9. The Hall–Kier alpha value is -0.870. The molecule has 17 heavy (non-hydrogen) atoms. The maximum absolute atomic E-state index is 10.1. The molecule has 1 aliphatic carbocycles. The number of hydrogen-bond acceptors (Lipinski definition) is 2. The Morgan fingerprint density at radius 2 is 2.12 bits per heavy atom. The van der Waals surface area contributed by atoms with Crippen molar-refractivity contribution >= 4 is 27.0 Å². The fourth-order valence-corrected chi connectivity index (χ4v) is 3.03. The molecule has 0 saturated heterocycles. The molecule has 2 atom stereocenters. The highest BCUT2D eigenvalue weighted by Gasteiger charge is 2.25. The summed E-state index contributed by atoms with van der Waals surface area (Å²) in [6, 6.07) is 6.26. The fraction of sp³-hybridized carbons (Fsp3) is 0.462. The Labute approximate surface area is 109 Å². The fourth-order valence-electron chi connectivity index (χ4n) is 2.68. The van der Waals surface area contributed by atoms with E-state index in [1.165, 1.54) is 6.42 Å². The summed E-state index contributed by atoms with van der Waals surface area (Å²) in [7, 11) is 0. The number of fused-ring (bicyclic) bond motifs is 1. The molecule has 1 fully saturated rings. The summed E-state index contributed by atoms with van der Waals surface area (Å²) in [5, 5.41) is 10.1. The first-order chi connectivity index (χ1) is 8.25. The molecule has 3 nitrogen and oxygen atoms in total. The van der Waals surface area contributed by atoms with Crippen molar-refractivity contribution in [1.82, 2.24) is 9.55 Å². The van der Waals surface area contributed by atoms with Crippen LogP contribution < -0.4 is 0 Å². The molecule has 2 unspecified atom stereocenters. The van der Waals surface area contributed by atoms with E-state index in [-0.39, 0.29) is 12.1 Å². The Kier molecular flexibility index (Phi) is 2.92. The van der Waals surface area contributed by atoms with Crippen LogP contribution in [0.25, 0.3) is 11.0 Å². The Balaban J connectivity index is 2.07. The van der Waals surface area contributed by atoms with Crippen LogP contribution in [0.2, 0.25) is 0 Å². The monoisotopic (exact) mass is 294 g/mol. The average Bonchev–Trinajstić information content (AvgIpc) is 2.72. The highest BCUT2D eigenvalue weighted by molar-refractivity contribution is 9.10. The van der Waals surface area contributed by atoms with Gasteiger partial charge in [0.2, 0.25) is 0 Å². The standard InChI is InChI=1S/C13H15BrN2O/c14-9-5-6-10-12(7-9)16(8-15-10)11-3-1-2-4-13(11)17/h5-8,11,13,17H,1-4H2. The molecule has 0 radical (unpaired) electrons. The summed E-state index contributed by atoms with van der Waals surface area (Å²) in [6.07, 6.45) is 5.89. The van der Waals surface area contributed by atoms with Crippen LogP contribution in [-0.4, -0.2) is 20.8 Å². The summed E-state index contributed by atoms with van der Waals surface area (Å²) >= 11 is 3.49. The summed E-state index contributed by atoms with van der Waals surface area (Å²) in [5.41, 5.74) is 2.09. The molecule has 0 spiro atoms. The van der Waals surface area contributed by atoms with Gasteiger partial charge >= 0.3 is 0 Å². The minimum Gasteiger partial charge on any atom is -0.391 e. The molecule has 1 aromatic carbocycles. The van der Waals surface area contributed by atoms with E-state index in [1.54, 1.807) is 0 Å². The van der Waals surface area contributed by atoms with Crippen molar-refractivity contribution in [3.8, 4) is 0 Å². The van der Waals surface area contributed by atoms with Gasteiger partial charge in [-0.25, -0.2) is 4.98 Å². The second kappa shape index (κ2) is 4.42. The lowest BCUT2D eigenvalue weighted by molar-refractivity contribution is 0.0773. The van der Waals surface area contributed by atoms with Crippen LogP contribution in [-0.2, 0) is 0 Å². The van der Waals surface area contributed by atoms with Gasteiger partial charge in [-0.15, -0.1) is 0 Å². The third-order valence-electron chi connectivity index (χ3n) is 3.59. The van der Waals surface area contributed by atoms with E-state index in [0.717, 1.165) is 34.8 Å². The van der Waals surface area contributed by atoms with Crippen LogP contribution in [0.3, 0.4) is 0 Å². The maximum atomic E-state index is 10.1. The topological polar surface area (TPSA) is 38.0 Å². The van der Waals surface area contributed by atoms with Crippen LogP contribution in [0.5, 0.6) is 0 Å². The van der Waals surface area contributed by atoms with Crippen molar-refractivity contribution in [2.24, 2.45) is 0 Å².